The Kier molecular flexibility index (Phi) is 0.680. The first kappa shape index (κ1) is 4.04. The lowest BCUT2D eigenvalue weighted by Gasteiger charge is -1.61. The second-order valence-electron chi connectivity index (χ2n) is 0.960. The predicted octanol–water partition coefficient (Wildman–Crippen LogP) is -0.831. The molecule has 7 heavy (non-hydrogen) atoms. The van der Waals surface area contributed by atoms with Gasteiger partial charge in [0.1, 0.15) is 4.91 Å². The number of nitrogens with zero attached hydrogens (tertiary/aromatic N) is 1. The van der Waals surface area contributed by atoms with Crippen LogP contribution < -0.4 is 0 Å². The molecule has 38 valence electrons. The molecule has 0 spiro atoms. The molecule has 0 unspecified atom stereocenters. The zero-order valence-corrected chi connectivity index (χ0v) is 3.29. The van der Waals surface area contributed by atoms with Crippen LogP contribution in [-0.2, 0) is 14.5 Å². The summed E-state index contributed by atoms with van der Waals surface area (Å²) in [7, 11) is 0. The van der Waals surface area contributed by atoms with Gasteiger partial charge in [0.15, 0.2) is 0 Å². The van der Waals surface area contributed by atoms with Gasteiger partial charge in [0.25, 0.3) is 6.61 Å². The van der Waals surface area contributed by atoms with E-state index in [-0.39, 0.29) is 11.7 Å². The normalized spacial score (nSPS) is 18.9. The van der Waals surface area contributed by atoms with Crippen molar-refractivity contribution in [2.75, 3.05) is 6.61 Å². The van der Waals surface area contributed by atoms with E-state index < -0.39 is 5.97 Å². The summed E-state index contributed by atoms with van der Waals surface area (Å²) in [4.78, 5) is 27.3. The molecule has 1 heterocycles. The number of rotatable bonds is 0. The fourth-order valence-corrected chi connectivity index (χ4v) is 0.241. The topological polar surface area (TPSA) is 55.6 Å². The van der Waals surface area contributed by atoms with E-state index in [0.29, 0.717) is 0 Å². The predicted molar refractivity (Wildman–Crippen MR) is 15.7 cm³/mol. The van der Waals surface area contributed by atoms with Gasteiger partial charge >= 0.3 is 11.1 Å². The Balaban J connectivity index is 2.55. The summed E-state index contributed by atoms with van der Waals surface area (Å²) in [6.45, 7) is -0.274. The van der Waals surface area contributed by atoms with Gasteiger partial charge in [-0.25, -0.2) is 4.79 Å². The van der Waals surface area contributed by atoms with Crippen LogP contribution in [0.2, 0.25) is 0 Å². The Morgan fingerprint density at radius 3 is 2.57 bits per heavy atom. The second kappa shape index (κ2) is 1.18. The highest BCUT2D eigenvalue weighted by molar-refractivity contribution is 5.70. The van der Waals surface area contributed by atoms with Crippen molar-refractivity contribution in [1.29, 1.82) is 0 Å². The zero-order valence-electron chi connectivity index (χ0n) is 3.29. The lowest BCUT2D eigenvalue weighted by molar-refractivity contribution is -0.942. The van der Waals surface area contributed by atoms with Crippen LogP contribution in [0, 0.1) is 4.91 Å². The van der Waals surface area contributed by atoms with Crippen molar-refractivity contribution in [3.05, 3.63) is 4.91 Å². The van der Waals surface area contributed by atoms with Gasteiger partial charge in [-0.05, 0) is 0 Å². The van der Waals surface area contributed by atoms with Crippen molar-refractivity contribution >= 4 is 5.97 Å². The third kappa shape index (κ3) is 0.648. The van der Waals surface area contributed by atoms with Crippen molar-refractivity contribution in [3.8, 4) is 0 Å². The van der Waals surface area contributed by atoms with Crippen molar-refractivity contribution < 1.29 is 19.6 Å². The van der Waals surface area contributed by atoms with Crippen molar-refractivity contribution in [1.82, 2.24) is 0 Å². The molecule has 0 aromatic rings. The molecule has 1 saturated heterocycles. The van der Waals surface area contributed by atoms with Crippen LogP contribution in [0.5, 0.6) is 0 Å². The summed E-state index contributed by atoms with van der Waals surface area (Å²) >= 11 is 0. The molecule has 1 fully saturated rings. The molecule has 1 aliphatic heterocycles. The molecule has 0 atom stereocenters. The summed E-state index contributed by atoms with van der Waals surface area (Å²) in [5, 5.41) is -0.220. The first-order valence-electron chi connectivity index (χ1n) is 1.60. The van der Waals surface area contributed by atoms with Gasteiger partial charge in [-0.2, -0.15) is 4.84 Å². The molecular formula is C2H2NO4+. The number of hydrogen-bond acceptors (Lipinski definition) is 4. The molecule has 1 aliphatic rings. The van der Waals surface area contributed by atoms with E-state index in [9.17, 15) is 9.70 Å². The van der Waals surface area contributed by atoms with Gasteiger partial charge in [-0.1, -0.05) is 0 Å². The molecular weight excluding hydrogens is 102 g/mol. The SMILES string of the molecule is O=C1CO[N+](=O)O1. The fourth-order valence-electron chi connectivity index (χ4n) is 0.241. The van der Waals surface area contributed by atoms with Crippen LogP contribution >= 0.6 is 0 Å². The van der Waals surface area contributed by atoms with Crippen LogP contribution in [0.4, 0.5) is 0 Å². The molecule has 0 bridgehead atoms. The fraction of sp³-hybridized carbons (Fsp3) is 0.500. The van der Waals surface area contributed by atoms with E-state index >= 15 is 0 Å². The van der Waals surface area contributed by atoms with Crippen molar-refractivity contribution in [2.24, 2.45) is 0 Å². The van der Waals surface area contributed by atoms with Crippen molar-refractivity contribution in [2.45, 2.75) is 0 Å². The lowest BCUT2D eigenvalue weighted by atomic mass is 10.8. The Hall–Kier alpha value is -1.13. The molecule has 0 radical (unpaired) electrons. The maximum Gasteiger partial charge on any atom is 0.487 e. The van der Waals surface area contributed by atoms with Gasteiger partial charge in [-0.15, -0.1) is 4.84 Å². The van der Waals surface area contributed by atoms with E-state index in [1.807, 2.05) is 0 Å². The monoisotopic (exact) mass is 104 g/mol. The Bertz CT molecular complexity index is 105. The maximum atomic E-state index is 9.86. The largest absolute Gasteiger partial charge is 0.487 e. The van der Waals surface area contributed by atoms with Crippen LogP contribution in [-0.4, -0.2) is 17.7 Å². The minimum atomic E-state index is -0.657. The van der Waals surface area contributed by atoms with E-state index in [1.165, 1.54) is 0 Å². The highest BCUT2D eigenvalue weighted by atomic mass is 17.0. The average molecular weight is 104 g/mol. The van der Waals surface area contributed by atoms with E-state index in [2.05, 4.69) is 9.68 Å². The van der Waals surface area contributed by atoms with Crippen LogP contribution in [0.3, 0.4) is 0 Å². The van der Waals surface area contributed by atoms with Gasteiger partial charge in [0.05, 0.1) is 0 Å². The summed E-state index contributed by atoms with van der Waals surface area (Å²) in [6.07, 6.45) is 0. The average Bonchev–Trinajstić information content (AvgIpc) is 1.87. The van der Waals surface area contributed by atoms with Crippen molar-refractivity contribution in [3.63, 3.8) is 0 Å². The molecule has 0 saturated carbocycles. The van der Waals surface area contributed by atoms with Gasteiger partial charge < -0.3 is 0 Å². The molecule has 5 heteroatoms. The first-order valence-corrected chi connectivity index (χ1v) is 1.60. The second-order valence-corrected chi connectivity index (χ2v) is 0.960. The Morgan fingerprint density at radius 1 is 1.71 bits per heavy atom. The quantitative estimate of drug-likeness (QED) is 0.402. The summed E-state index contributed by atoms with van der Waals surface area (Å²) in [6, 6.07) is 0. The minimum absolute atomic E-state index is 0.220. The number of hydrogen-bond donors (Lipinski definition) is 0. The van der Waals surface area contributed by atoms with Crippen LogP contribution in [0.1, 0.15) is 0 Å². The zero-order chi connectivity index (χ0) is 5.28. The van der Waals surface area contributed by atoms with Crippen LogP contribution in [0.15, 0.2) is 0 Å². The first-order chi connectivity index (χ1) is 3.29. The van der Waals surface area contributed by atoms with Gasteiger partial charge in [-0.3, -0.25) is 0 Å². The smallest absolute Gasteiger partial charge is 0.240 e. The molecule has 5 nitrogen and oxygen atoms in total. The highest BCUT2D eigenvalue weighted by Gasteiger charge is 2.31. The van der Waals surface area contributed by atoms with E-state index in [1.54, 1.807) is 0 Å². The van der Waals surface area contributed by atoms with Gasteiger partial charge in [0, 0.05) is 0 Å². The number of carbonyl (C=O) groups excluding carboxylic acids is 1. The highest BCUT2D eigenvalue weighted by Crippen LogP contribution is 1.91. The molecule has 1 rings (SSSR count). The molecule has 0 aromatic carbocycles. The van der Waals surface area contributed by atoms with Gasteiger partial charge in [0.2, 0.25) is 0 Å². The van der Waals surface area contributed by atoms with Crippen LogP contribution in [0.25, 0.3) is 0 Å². The molecule has 0 N–H and O–H groups in total. The standard InChI is InChI=1S/C2H2NO4/c4-2-1-6-3(5)7-2/h1H2/q+1. The summed E-state index contributed by atoms with van der Waals surface area (Å²) in [5.41, 5.74) is 0. The third-order valence-electron chi connectivity index (χ3n) is 0.464. The Labute approximate surface area is 38.3 Å². The third-order valence-corrected chi connectivity index (χ3v) is 0.464. The lowest BCUT2D eigenvalue weighted by Crippen LogP contribution is -1.97. The molecule has 0 amide bonds. The maximum absolute atomic E-state index is 9.86. The molecule has 0 aliphatic carbocycles. The molecule has 0 aromatic heterocycles. The number of carbonyl (C=O) groups is 1. The summed E-state index contributed by atoms with van der Waals surface area (Å²) in [5.74, 6) is -0.657. The minimum Gasteiger partial charge on any atom is -0.240 e. The van der Waals surface area contributed by atoms with E-state index in [0.717, 1.165) is 0 Å². The van der Waals surface area contributed by atoms with E-state index in [4.69, 9.17) is 0 Å². The Morgan fingerprint density at radius 2 is 2.43 bits per heavy atom. The summed E-state index contributed by atoms with van der Waals surface area (Å²) < 4.78 is 0.